The predicted molar refractivity (Wildman–Crippen MR) is 99.6 cm³/mol. The number of nitrogens with two attached hydrogens (primary N) is 1. The molecule has 0 unspecified atom stereocenters. The van der Waals surface area contributed by atoms with E-state index in [1.165, 1.54) is 6.07 Å². The van der Waals surface area contributed by atoms with Crippen molar-refractivity contribution in [3.05, 3.63) is 65.0 Å². The van der Waals surface area contributed by atoms with Crippen LogP contribution in [0.1, 0.15) is 67.9 Å². The minimum Gasteiger partial charge on any atom is -0.444 e. The molecule has 5 nitrogen and oxygen atoms in total. The molecule has 0 bridgehead atoms. The van der Waals surface area contributed by atoms with E-state index >= 15 is 0 Å². The van der Waals surface area contributed by atoms with Gasteiger partial charge in [0.2, 0.25) is 0 Å². The lowest BCUT2D eigenvalue weighted by molar-refractivity contribution is 0.0312. The van der Waals surface area contributed by atoms with Gasteiger partial charge in [-0.05, 0) is 68.2 Å². The zero-order valence-corrected chi connectivity index (χ0v) is 15.9. The number of aliphatic hydroxyl groups excluding tert-OH is 1. The van der Waals surface area contributed by atoms with Crippen LogP contribution >= 0.6 is 0 Å². The first-order valence-corrected chi connectivity index (χ1v) is 9.25. The number of fused-ring (bicyclic) bond motifs is 1. The maximum absolute atomic E-state index is 14.6. The Hall–Kier alpha value is -2.54. The van der Waals surface area contributed by atoms with E-state index in [0.717, 1.165) is 11.6 Å². The van der Waals surface area contributed by atoms with Crippen molar-refractivity contribution < 1.29 is 23.4 Å². The fraction of sp³-hybridized carbons (Fsp3) is 0.429. The molecular weight excluding hydrogens is 366 g/mol. The first-order chi connectivity index (χ1) is 13.2. The van der Waals surface area contributed by atoms with Crippen LogP contribution in [0, 0.1) is 11.6 Å². The number of hydrogen-bond donors (Lipinski definition) is 2. The molecule has 3 rings (SSSR count). The summed E-state index contributed by atoms with van der Waals surface area (Å²) in [5.74, 6) is -2.59. The van der Waals surface area contributed by atoms with Crippen LogP contribution < -0.4 is 5.73 Å². The largest absolute Gasteiger partial charge is 0.444 e. The summed E-state index contributed by atoms with van der Waals surface area (Å²) in [7, 11) is 0. The SMILES string of the molecule is CC(C)(C[C@@H]1c2cccnc2[C@H](O)CC[C@@H]1c1cccc(F)c1F)OC(N)=O. The minimum atomic E-state index is -0.943. The fourth-order valence-corrected chi connectivity index (χ4v) is 4.19. The highest BCUT2D eigenvalue weighted by atomic mass is 19.2. The molecule has 150 valence electrons. The summed E-state index contributed by atoms with van der Waals surface area (Å²) in [6.45, 7) is 3.43. The molecule has 3 N–H and O–H groups in total. The fourth-order valence-electron chi connectivity index (χ4n) is 4.19. The number of ether oxygens (including phenoxy) is 1. The van der Waals surface area contributed by atoms with Crippen molar-refractivity contribution in [2.45, 2.75) is 56.7 Å². The number of aliphatic hydroxyl groups is 1. The topological polar surface area (TPSA) is 85.4 Å². The average Bonchev–Trinajstić information content (AvgIpc) is 2.74. The standard InChI is InChI=1S/C21H24F2N2O3/c1-21(2,28-20(24)27)11-15-12(13-5-3-7-16(22)18(13)23)8-9-17(26)19-14(15)6-4-10-25-19/h3-7,10,12,15,17,26H,8-9,11H2,1-2H3,(H2,24,27)/t12-,15+,17-/m1/s1. The van der Waals surface area contributed by atoms with Crippen molar-refractivity contribution in [1.82, 2.24) is 4.98 Å². The number of halogens is 2. The third kappa shape index (κ3) is 4.14. The van der Waals surface area contributed by atoms with Gasteiger partial charge in [0.1, 0.15) is 5.60 Å². The number of hydrogen-bond acceptors (Lipinski definition) is 4. The van der Waals surface area contributed by atoms with Gasteiger partial charge in [-0.1, -0.05) is 18.2 Å². The van der Waals surface area contributed by atoms with Gasteiger partial charge in [-0.2, -0.15) is 0 Å². The minimum absolute atomic E-state index is 0.240. The van der Waals surface area contributed by atoms with Crippen molar-refractivity contribution in [2.75, 3.05) is 0 Å². The van der Waals surface area contributed by atoms with E-state index in [-0.39, 0.29) is 11.5 Å². The molecule has 0 spiro atoms. The van der Waals surface area contributed by atoms with Gasteiger partial charge >= 0.3 is 6.09 Å². The van der Waals surface area contributed by atoms with Crippen LogP contribution in [0.2, 0.25) is 0 Å². The van der Waals surface area contributed by atoms with Gasteiger partial charge in [0, 0.05) is 6.20 Å². The number of nitrogens with zero attached hydrogens (tertiary/aromatic N) is 1. The summed E-state index contributed by atoms with van der Waals surface area (Å²) in [6, 6.07) is 7.68. The Kier molecular flexibility index (Phi) is 5.65. The van der Waals surface area contributed by atoms with Crippen LogP contribution in [0.3, 0.4) is 0 Å². The van der Waals surface area contributed by atoms with Crippen LogP contribution in [0.15, 0.2) is 36.5 Å². The van der Waals surface area contributed by atoms with E-state index in [4.69, 9.17) is 10.5 Å². The van der Waals surface area contributed by atoms with E-state index in [2.05, 4.69) is 4.98 Å². The molecule has 0 radical (unpaired) electrons. The summed E-state index contributed by atoms with van der Waals surface area (Å²) in [5.41, 5.74) is 5.75. The second-order valence-corrected chi connectivity index (χ2v) is 7.81. The second-order valence-electron chi connectivity index (χ2n) is 7.81. The highest BCUT2D eigenvalue weighted by molar-refractivity contribution is 5.65. The quantitative estimate of drug-likeness (QED) is 0.762. The Morgan fingerprint density at radius 3 is 2.68 bits per heavy atom. The molecule has 1 heterocycles. The summed E-state index contributed by atoms with van der Waals surface area (Å²) in [4.78, 5) is 15.6. The molecule has 7 heteroatoms. The van der Waals surface area contributed by atoms with Gasteiger partial charge in [-0.15, -0.1) is 0 Å². The smallest absolute Gasteiger partial charge is 0.405 e. The number of benzene rings is 1. The van der Waals surface area contributed by atoms with Crippen molar-refractivity contribution in [3.8, 4) is 0 Å². The highest BCUT2D eigenvalue weighted by Crippen LogP contribution is 2.48. The van der Waals surface area contributed by atoms with Gasteiger partial charge in [-0.25, -0.2) is 13.6 Å². The summed E-state index contributed by atoms with van der Waals surface area (Å²) < 4.78 is 33.8. The number of rotatable bonds is 4. The van der Waals surface area contributed by atoms with Crippen LogP contribution in [0.4, 0.5) is 13.6 Å². The van der Waals surface area contributed by atoms with Crippen LogP contribution in [0.5, 0.6) is 0 Å². The summed E-state index contributed by atoms with van der Waals surface area (Å²) >= 11 is 0. The van der Waals surface area contributed by atoms with Crippen LogP contribution in [-0.4, -0.2) is 21.8 Å². The van der Waals surface area contributed by atoms with E-state index in [1.54, 1.807) is 32.2 Å². The predicted octanol–water partition coefficient (Wildman–Crippen LogP) is 4.32. The molecule has 0 saturated carbocycles. The summed E-state index contributed by atoms with van der Waals surface area (Å²) in [6.07, 6.45) is 0.974. The highest BCUT2D eigenvalue weighted by Gasteiger charge is 2.38. The number of aromatic nitrogens is 1. The number of carbonyl (C=O) groups is 1. The molecule has 1 aromatic heterocycles. The van der Waals surface area contributed by atoms with Crippen LogP contribution in [-0.2, 0) is 4.74 Å². The Morgan fingerprint density at radius 1 is 1.25 bits per heavy atom. The zero-order chi connectivity index (χ0) is 20.5. The molecule has 1 aliphatic rings. The molecule has 28 heavy (non-hydrogen) atoms. The molecule has 1 amide bonds. The molecule has 0 saturated heterocycles. The molecule has 0 aliphatic heterocycles. The van der Waals surface area contributed by atoms with Crippen molar-refractivity contribution in [3.63, 3.8) is 0 Å². The number of pyridine rings is 1. The van der Waals surface area contributed by atoms with Gasteiger partial charge in [0.25, 0.3) is 0 Å². The number of primary amides is 1. The maximum atomic E-state index is 14.6. The normalized spacial score (nSPS) is 22.2. The molecular formula is C21H24F2N2O3. The lowest BCUT2D eigenvalue weighted by Gasteiger charge is -2.34. The molecule has 1 aromatic carbocycles. The number of carbonyl (C=O) groups excluding carboxylic acids is 1. The van der Waals surface area contributed by atoms with Crippen molar-refractivity contribution >= 4 is 6.09 Å². The van der Waals surface area contributed by atoms with E-state index < -0.39 is 35.4 Å². The third-order valence-corrected chi connectivity index (χ3v) is 5.29. The first kappa shape index (κ1) is 20.2. The molecule has 0 fully saturated rings. The Labute approximate surface area is 162 Å². The van der Waals surface area contributed by atoms with E-state index in [9.17, 15) is 18.7 Å². The monoisotopic (exact) mass is 390 g/mol. The first-order valence-electron chi connectivity index (χ1n) is 9.25. The van der Waals surface area contributed by atoms with E-state index in [1.807, 2.05) is 6.07 Å². The maximum Gasteiger partial charge on any atom is 0.405 e. The Bertz CT molecular complexity index is 872. The number of amides is 1. The Morgan fingerprint density at radius 2 is 1.96 bits per heavy atom. The van der Waals surface area contributed by atoms with Gasteiger partial charge in [0.15, 0.2) is 11.6 Å². The second kappa shape index (κ2) is 7.83. The lowest BCUT2D eigenvalue weighted by atomic mass is 9.75. The van der Waals surface area contributed by atoms with Gasteiger partial charge in [-0.3, -0.25) is 4.98 Å². The summed E-state index contributed by atoms with van der Waals surface area (Å²) in [5, 5.41) is 10.6. The lowest BCUT2D eigenvalue weighted by Crippen LogP contribution is -2.34. The van der Waals surface area contributed by atoms with Crippen molar-refractivity contribution in [2.24, 2.45) is 5.73 Å². The van der Waals surface area contributed by atoms with Gasteiger partial charge in [0.05, 0.1) is 11.8 Å². The van der Waals surface area contributed by atoms with Crippen molar-refractivity contribution in [1.29, 1.82) is 0 Å². The Balaban J connectivity index is 2.11. The van der Waals surface area contributed by atoms with Gasteiger partial charge < -0.3 is 15.6 Å². The van der Waals surface area contributed by atoms with Crippen LogP contribution in [0.25, 0.3) is 0 Å². The average molecular weight is 390 g/mol. The molecule has 3 atom stereocenters. The zero-order valence-electron chi connectivity index (χ0n) is 15.9. The molecule has 1 aliphatic carbocycles. The third-order valence-electron chi connectivity index (χ3n) is 5.29. The van der Waals surface area contributed by atoms with E-state index in [0.29, 0.717) is 25.0 Å². The molecule has 2 aromatic rings.